The Balaban J connectivity index is 2.31. The molecule has 1 fully saturated rings. The topological polar surface area (TPSA) is 49.8 Å². The average molecular weight is 284 g/mol. The number of aliphatic carboxylic acids is 1. The second-order valence-corrected chi connectivity index (χ2v) is 5.20. The van der Waals surface area contributed by atoms with Gasteiger partial charge in [-0.1, -0.05) is 24.6 Å². The Morgan fingerprint density at radius 2 is 2.26 bits per heavy atom. The van der Waals surface area contributed by atoms with Gasteiger partial charge < -0.3 is 14.7 Å². The molecule has 0 saturated carbocycles. The highest BCUT2D eigenvalue weighted by atomic mass is 35.5. The lowest BCUT2D eigenvalue weighted by Crippen LogP contribution is -2.23. The van der Waals surface area contributed by atoms with E-state index >= 15 is 0 Å². The van der Waals surface area contributed by atoms with Gasteiger partial charge in [-0.2, -0.15) is 0 Å². The molecule has 0 aliphatic carbocycles. The number of carboxylic acid groups (broad SMARTS) is 1. The standard InChI is InChI=1S/C14H18ClNO3/c1-3-16-7-10(11(8-16)14(17)18)9-4-5-12(15)13(6-9)19-2/h4-6,10-11H,3,7-8H2,1-2H3,(H,17,18). The molecular weight excluding hydrogens is 266 g/mol. The van der Waals surface area contributed by atoms with Crippen molar-refractivity contribution in [3.05, 3.63) is 28.8 Å². The molecule has 0 aromatic heterocycles. The number of carbonyl (C=O) groups is 1. The van der Waals surface area contributed by atoms with Crippen LogP contribution in [0.2, 0.25) is 5.02 Å². The Labute approximate surface area is 117 Å². The second-order valence-electron chi connectivity index (χ2n) is 4.80. The number of rotatable bonds is 4. The van der Waals surface area contributed by atoms with E-state index in [0.29, 0.717) is 17.3 Å². The predicted octanol–water partition coefficient (Wildman–Crippen LogP) is 2.47. The normalized spacial score (nSPS) is 23.5. The largest absolute Gasteiger partial charge is 0.495 e. The van der Waals surface area contributed by atoms with E-state index in [1.165, 1.54) is 0 Å². The summed E-state index contributed by atoms with van der Waals surface area (Å²) in [4.78, 5) is 13.5. The van der Waals surface area contributed by atoms with E-state index < -0.39 is 5.97 Å². The first-order valence-electron chi connectivity index (χ1n) is 6.35. The molecule has 1 aliphatic heterocycles. The van der Waals surface area contributed by atoms with E-state index in [1.807, 2.05) is 19.1 Å². The summed E-state index contributed by atoms with van der Waals surface area (Å²) in [5, 5.41) is 9.90. The molecule has 1 aliphatic rings. The number of methoxy groups -OCH3 is 1. The van der Waals surface area contributed by atoms with Crippen molar-refractivity contribution in [2.45, 2.75) is 12.8 Å². The molecule has 2 rings (SSSR count). The minimum absolute atomic E-state index is 0.0105. The first-order valence-corrected chi connectivity index (χ1v) is 6.73. The summed E-state index contributed by atoms with van der Waals surface area (Å²) < 4.78 is 5.20. The molecule has 0 amide bonds. The average Bonchev–Trinajstić information content (AvgIpc) is 2.83. The molecule has 5 heteroatoms. The molecule has 2 unspecified atom stereocenters. The highest BCUT2D eigenvalue weighted by Gasteiger charge is 2.38. The maximum absolute atomic E-state index is 11.4. The maximum Gasteiger partial charge on any atom is 0.308 e. The summed E-state index contributed by atoms with van der Waals surface area (Å²) in [5.41, 5.74) is 0.976. The quantitative estimate of drug-likeness (QED) is 0.922. The zero-order valence-electron chi connectivity index (χ0n) is 11.1. The van der Waals surface area contributed by atoms with Gasteiger partial charge in [-0.05, 0) is 24.2 Å². The van der Waals surface area contributed by atoms with Crippen molar-refractivity contribution in [1.29, 1.82) is 0 Å². The Hall–Kier alpha value is -1.26. The van der Waals surface area contributed by atoms with Gasteiger partial charge >= 0.3 is 5.97 Å². The summed E-state index contributed by atoms with van der Waals surface area (Å²) in [6, 6.07) is 5.51. The van der Waals surface area contributed by atoms with E-state index in [0.717, 1.165) is 18.7 Å². The molecule has 1 aromatic rings. The summed E-state index contributed by atoms with van der Waals surface area (Å²) in [6.45, 7) is 4.27. The number of benzene rings is 1. The number of hydrogen-bond acceptors (Lipinski definition) is 3. The minimum atomic E-state index is -0.741. The Bertz CT molecular complexity index is 478. The van der Waals surface area contributed by atoms with Crippen LogP contribution >= 0.6 is 11.6 Å². The van der Waals surface area contributed by atoms with Gasteiger partial charge in [0, 0.05) is 19.0 Å². The third-order valence-corrected chi connectivity index (χ3v) is 4.08. The molecular formula is C14H18ClNO3. The number of ether oxygens (including phenoxy) is 1. The van der Waals surface area contributed by atoms with Gasteiger partial charge in [-0.25, -0.2) is 0 Å². The third kappa shape index (κ3) is 2.85. The van der Waals surface area contributed by atoms with Crippen LogP contribution in [-0.2, 0) is 4.79 Å². The van der Waals surface area contributed by atoms with Crippen LogP contribution in [0, 0.1) is 5.92 Å². The van der Waals surface area contributed by atoms with Crippen LogP contribution in [-0.4, -0.2) is 42.7 Å². The first kappa shape index (κ1) is 14.2. The molecule has 1 heterocycles. The zero-order valence-corrected chi connectivity index (χ0v) is 11.9. The third-order valence-electron chi connectivity index (χ3n) is 3.76. The molecule has 1 N–H and O–H groups in total. The smallest absolute Gasteiger partial charge is 0.308 e. The highest BCUT2D eigenvalue weighted by Crippen LogP contribution is 2.36. The number of likely N-dealkylation sites (tertiary alicyclic amines) is 1. The van der Waals surface area contributed by atoms with Crippen LogP contribution in [0.3, 0.4) is 0 Å². The number of nitrogens with zero attached hydrogens (tertiary/aromatic N) is 1. The molecule has 1 saturated heterocycles. The molecule has 0 radical (unpaired) electrons. The summed E-state index contributed by atoms with van der Waals surface area (Å²) >= 11 is 6.01. The van der Waals surface area contributed by atoms with Crippen LogP contribution in [0.1, 0.15) is 18.4 Å². The summed E-state index contributed by atoms with van der Waals surface area (Å²) in [6.07, 6.45) is 0. The molecule has 4 nitrogen and oxygen atoms in total. The second kappa shape index (κ2) is 5.80. The van der Waals surface area contributed by atoms with Crippen molar-refractivity contribution in [3.63, 3.8) is 0 Å². The van der Waals surface area contributed by atoms with Crippen molar-refractivity contribution < 1.29 is 14.6 Å². The Kier molecular flexibility index (Phi) is 4.32. The van der Waals surface area contributed by atoms with Gasteiger partial charge in [0.25, 0.3) is 0 Å². The summed E-state index contributed by atoms with van der Waals surface area (Å²) in [5.74, 6) is -0.525. The van der Waals surface area contributed by atoms with Gasteiger partial charge in [0.1, 0.15) is 5.75 Å². The summed E-state index contributed by atoms with van der Waals surface area (Å²) in [7, 11) is 1.56. The van der Waals surface area contributed by atoms with Crippen LogP contribution in [0.15, 0.2) is 18.2 Å². The van der Waals surface area contributed by atoms with Crippen molar-refractivity contribution in [2.75, 3.05) is 26.7 Å². The van der Waals surface area contributed by atoms with Crippen molar-refractivity contribution in [1.82, 2.24) is 4.90 Å². The van der Waals surface area contributed by atoms with Crippen LogP contribution in [0.4, 0.5) is 0 Å². The molecule has 104 valence electrons. The Morgan fingerprint density at radius 1 is 1.53 bits per heavy atom. The van der Waals surface area contributed by atoms with Gasteiger partial charge in [0.05, 0.1) is 18.1 Å². The number of halogens is 1. The molecule has 0 spiro atoms. The van der Waals surface area contributed by atoms with E-state index in [9.17, 15) is 9.90 Å². The fourth-order valence-corrected chi connectivity index (χ4v) is 2.83. The van der Waals surface area contributed by atoms with Crippen LogP contribution < -0.4 is 4.74 Å². The van der Waals surface area contributed by atoms with Gasteiger partial charge in [0.2, 0.25) is 0 Å². The Morgan fingerprint density at radius 3 is 2.84 bits per heavy atom. The highest BCUT2D eigenvalue weighted by molar-refractivity contribution is 6.32. The molecule has 2 atom stereocenters. The van der Waals surface area contributed by atoms with Gasteiger partial charge in [0.15, 0.2) is 0 Å². The lowest BCUT2D eigenvalue weighted by Gasteiger charge is -2.16. The van der Waals surface area contributed by atoms with E-state index in [2.05, 4.69) is 4.90 Å². The van der Waals surface area contributed by atoms with Crippen molar-refractivity contribution in [3.8, 4) is 5.75 Å². The van der Waals surface area contributed by atoms with Crippen LogP contribution in [0.5, 0.6) is 5.75 Å². The zero-order chi connectivity index (χ0) is 14.0. The fraction of sp³-hybridized carbons (Fsp3) is 0.500. The monoisotopic (exact) mass is 283 g/mol. The van der Waals surface area contributed by atoms with Crippen molar-refractivity contribution in [2.24, 2.45) is 5.92 Å². The maximum atomic E-state index is 11.4. The van der Waals surface area contributed by atoms with Gasteiger partial charge in [-0.15, -0.1) is 0 Å². The lowest BCUT2D eigenvalue weighted by molar-refractivity contribution is -0.141. The van der Waals surface area contributed by atoms with E-state index in [-0.39, 0.29) is 11.8 Å². The minimum Gasteiger partial charge on any atom is -0.495 e. The molecule has 1 aromatic carbocycles. The fourth-order valence-electron chi connectivity index (χ4n) is 2.64. The molecule has 19 heavy (non-hydrogen) atoms. The number of likely N-dealkylation sites (N-methyl/N-ethyl adjacent to an activating group) is 1. The van der Waals surface area contributed by atoms with Crippen molar-refractivity contribution >= 4 is 17.6 Å². The SMILES string of the molecule is CCN1CC(C(=O)O)C(c2ccc(Cl)c(OC)c2)C1. The van der Waals surface area contributed by atoms with E-state index in [4.69, 9.17) is 16.3 Å². The first-order chi connectivity index (χ1) is 9.06. The van der Waals surface area contributed by atoms with E-state index in [1.54, 1.807) is 13.2 Å². The predicted molar refractivity (Wildman–Crippen MR) is 74.0 cm³/mol. The molecule has 0 bridgehead atoms. The lowest BCUT2D eigenvalue weighted by atomic mass is 9.89. The number of hydrogen-bond donors (Lipinski definition) is 1. The van der Waals surface area contributed by atoms with Gasteiger partial charge in [-0.3, -0.25) is 4.79 Å². The van der Waals surface area contributed by atoms with Crippen LogP contribution in [0.25, 0.3) is 0 Å². The number of carboxylic acids is 1.